The minimum atomic E-state index is -0.0796. The maximum absolute atomic E-state index is 2.27. The number of aryl methyl sites for hydroxylation is 1. The minimum absolute atomic E-state index is 0.0796. The van der Waals surface area contributed by atoms with Crippen LogP contribution in [0.5, 0.6) is 0 Å². The molecule has 218 valence electrons. The lowest BCUT2D eigenvalue weighted by atomic mass is 9.68. The van der Waals surface area contributed by atoms with E-state index in [2.05, 4.69) is 178 Å². The standard InChI is InChI=1S/C21H20.C13H12.C7H8.C2H6/c1-2-21(18-12-6-3-7-13-18,19-14-8-4-9-15-19)20-16-10-5-11-17-20;1-3-7-12(8-4-1)11-13-9-5-2-6-10-13;1-7-5-3-2-4-6-7;1-2/h3-17H,2H2,1H3;1-10H,11H2;2-6H,1H3;1-2H3. The smallest absolute Gasteiger partial charge is 0.0448 e. The van der Waals surface area contributed by atoms with Gasteiger partial charge in [0.05, 0.1) is 0 Å². The molecule has 0 aliphatic rings. The van der Waals surface area contributed by atoms with E-state index in [4.69, 9.17) is 0 Å². The topological polar surface area (TPSA) is 0 Å². The predicted molar refractivity (Wildman–Crippen MR) is 188 cm³/mol. The Bertz CT molecular complexity index is 1360. The van der Waals surface area contributed by atoms with Crippen LogP contribution in [-0.2, 0) is 11.8 Å². The molecule has 0 atom stereocenters. The van der Waals surface area contributed by atoms with Crippen molar-refractivity contribution in [2.75, 3.05) is 0 Å². The van der Waals surface area contributed by atoms with Gasteiger partial charge in [-0.3, -0.25) is 0 Å². The zero-order chi connectivity index (χ0) is 30.6. The van der Waals surface area contributed by atoms with Crippen molar-refractivity contribution in [3.63, 3.8) is 0 Å². The quantitative estimate of drug-likeness (QED) is 0.177. The van der Waals surface area contributed by atoms with E-state index in [-0.39, 0.29) is 5.41 Å². The summed E-state index contributed by atoms with van der Waals surface area (Å²) >= 11 is 0. The maximum Gasteiger partial charge on any atom is 0.0448 e. The van der Waals surface area contributed by atoms with Gasteiger partial charge in [0.2, 0.25) is 0 Å². The Morgan fingerprint density at radius 2 is 0.628 bits per heavy atom. The van der Waals surface area contributed by atoms with Gasteiger partial charge in [-0.1, -0.05) is 208 Å². The van der Waals surface area contributed by atoms with Crippen LogP contribution < -0.4 is 0 Å². The van der Waals surface area contributed by atoms with Crippen molar-refractivity contribution in [3.05, 3.63) is 215 Å². The van der Waals surface area contributed by atoms with Crippen LogP contribution in [0.4, 0.5) is 0 Å². The number of hydrogen-bond donors (Lipinski definition) is 0. The van der Waals surface area contributed by atoms with E-state index in [1.165, 1.54) is 33.4 Å². The maximum atomic E-state index is 2.27. The fourth-order valence-electron chi connectivity index (χ4n) is 5.24. The highest BCUT2D eigenvalue weighted by Gasteiger charge is 2.33. The first kappa shape index (κ1) is 32.8. The summed E-state index contributed by atoms with van der Waals surface area (Å²) in [6.07, 6.45) is 2.06. The van der Waals surface area contributed by atoms with E-state index < -0.39 is 0 Å². The second kappa shape index (κ2) is 18.7. The Balaban J connectivity index is 0.000000195. The van der Waals surface area contributed by atoms with Gasteiger partial charge in [-0.2, -0.15) is 0 Å². The number of rotatable bonds is 6. The van der Waals surface area contributed by atoms with Crippen LogP contribution in [-0.4, -0.2) is 0 Å². The summed E-state index contributed by atoms with van der Waals surface area (Å²) in [7, 11) is 0. The Morgan fingerprint density at radius 1 is 0.372 bits per heavy atom. The average molecular weight is 563 g/mol. The molecule has 0 spiro atoms. The van der Waals surface area contributed by atoms with Crippen LogP contribution in [0.15, 0.2) is 182 Å². The number of benzene rings is 6. The van der Waals surface area contributed by atoms with Gasteiger partial charge in [0, 0.05) is 5.41 Å². The molecule has 6 aromatic rings. The summed E-state index contributed by atoms with van der Waals surface area (Å²) in [5, 5.41) is 0. The molecule has 6 rings (SSSR count). The molecule has 0 fully saturated rings. The lowest BCUT2D eigenvalue weighted by Gasteiger charge is -2.35. The molecule has 0 radical (unpaired) electrons. The fraction of sp³-hybridized carbons (Fsp3) is 0.163. The highest BCUT2D eigenvalue weighted by atomic mass is 14.4. The van der Waals surface area contributed by atoms with Gasteiger partial charge in [0.1, 0.15) is 0 Å². The van der Waals surface area contributed by atoms with Crippen LogP contribution in [0.2, 0.25) is 0 Å². The van der Waals surface area contributed by atoms with Crippen LogP contribution in [0.25, 0.3) is 0 Å². The van der Waals surface area contributed by atoms with Gasteiger partial charge in [-0.25, -0.2) is 0 Å². The third-order valence-corrected chi connectivity index (χ3v) is 7.36. The molecule has 0 nitrogen and oxygen atoms in total. The minimum Gasteiger partial charge on any atom is -0.0683 e. The molecule has 6 aromatic carbocycles. The molecule has 0 heterocycles. The van der Waals surface area contributed by atoms with Gasteiger partial charge in [0.25, 0.3) is 0 Å². The summed E-state index contributed by atoms with van der Waals surface area (Å²) in [6.45, 7) is 8.35. The molecule has 0 N–H and O–H groups in total. The molecule has 0 aliphatic heterocycles. The van der Waals surface area contributed by atoms with Crippen LogP contribution in [0, 0.1) is 6.92 Å². The van der Waals surface area contributed by atoms with E-state index in [0.29, 0.717) is 0 Å². The third-order valence-electron chi connectivity index (χ3n) is 7.36. The Kier molecular flexibility index (Phi) is 14.3. The van der Waals surface area contributed by atoms with E-state index in [9.17, 15) is 0 Å². The number of hydrogen-bond acceptors (Lipinski definition) is 0. The van der Waals surface area contributed by atoms with E-state index in [1.807, 2.05) is 32.0 Å². The highest BCUT2D eigenvalue weighted by molar-refractivity contribution is 5.50. The first-order valence-corrected chi connectivity index (χ1v) is 15.5. The Hall–Kier alpha value is -4.68. The van der Waals surface area contributed by atoms with Crippen LogP contribution >= 0.6 is 0 Å². The summed E-state index contributed by atoms with van der Waals surface area (Å²) in [4.78, 5) is 0. The SMILES string of the molecule is CC.CCC(c1ccccc1)(c1ccccc1)c1ccccc1.Cc1ccccc1.c1ccc(Cc2ccccc2)cc1. The highest BCUT2D eigenvalue weighted by Crippen LogP contribution is 2.41. The molecule has 0 bridgehead atoms. The fourth-order valence-corrected chi connectivity index (χ4v) is 5.24. The molecule has 0 saturated carbocycles. The second-order valence-corrected chi connectivity index (χ2v) is 10.2. The molecule has 0 saturated heterocycles. The lowest BCUT2D eigenvalue weighted by Crippen LogP contribution is -2.28. The van der Waals surface area contributed by atoms with Gasteiger partial charge < -0.3 is 0 Å². The summed E-state index contributed by atoms with van der Waals surface area (Å²) in [5.74, 6) is 0. The van der Waals surface area contributed by atoms with Gasteiger partial charge in [-0.15, -0.1) is 0 Å². The lowest BCUT2D eigenvalue weighted by molar-refractivity contribution is 0.594. The molecular formula is C43H46. The zero-order valence-electron chi connectivity index (χ0n) is 26.2. The molecule has 0 heteroatoms. The van der Waals surface area contributed by atoms with Crippen molar-refractivity contribution >= 4 is 0 Å². The largest absolute Gasteiger partial charge is 0.0683 e. The average Bonchev–Trinajstić information content (AvgIpc) is 3.10. The Morgan fingerprint density at radius 3 is 0.860 bits per heavy atom. The Labute approximate surface area is 260 Å². The van der Waals surface area contributed by atoms with Crippen molar-refractivity contribution < 1.29 is 0 Å². The van der Waals surface area contributed by atoms with Crippen molar-refractivity contribution in [1.29, 1.82) is 0 Å². The zero-order valence-corrected chi connectivity index (χ0v) is 26.2. The first-order valence-electron chi connectivity index (χ1n) is 15.5. The molecule has 43 heavy (non-hydrogen) atoms. The molecule has 0 unspecified atom stereocenters. The van der Waals surface area contributed by atoms with Crippen molar-refractivity contribution in [2.45, 2.75) is 46.0 Å². The van der Waals surface area contributed by atoms with Crippen LogP contribution in [0.3, 0.4) is 0 Å². The summed E-state index contributed by atoms with van der Waals surface area (Å²) in [5.41, 5.74) is 8.04. The van der Waals surface area contributed by atoms with Crippen molar-refractivity contribution in [3.8, 4) is 0 Å². The molecule has 0 aromatic heterocycles. The predicted octanol–water partition coefficient (Wildman–Crippen LogP) is 11.7. The van der Waals surface area contributed by atoms with Gasteiger partial charge in [0.15, 0.2) is 0 Å². The van der Waals surface area contributed by atoms with E-state index in [0.717, 1.165) is 12.8 Å². The molecule has 0 aliphatic carbocycles. The van der Waals surface area contributed by atoms with Crippen molar-refractivity contribution in [2.24, 2.45) is 0 Å². The van der Waals surface area contributed by atoms with E-state index >= 15 is 0 Å². The normalized spacial score (nSPS) is 10.0. The van der Waals surface area contributed by atoms with Gasteiger partial charge in [-0.05, 0) is 47.6 Å². The molecule has 0 amide bonds. The first-order chi connectivity index (χ1) is 21.2. The summed E-state index contributed by atoms with van der Waals surface area (Å²) in [6, 6.07) is 63.8. The monoisotopic (exact) mass is 562 g/mol. The molecular weight excluding hydrogens is 516 g/mol. The van der Waals surface area contributed by atoms with Crippen molar-refractivity contribution in [1.82, 2.24) is 0 Å². The van der Waals surface area contributed by atoms with Gasteiger partial charge >= 0.3 is 0 Å². The third kappa shape index (κ3) is 9.97. The van der Waals surface area contributed by atoms with E-state index in [1.54, 1.807) is 0 Å². The van der Waals surface area contributed by atoms with Crippen LogP contribution in [0.1, 0.15) is 60.6 Å². The second-order valence-electron chi connectivity index (χ2n) is 10.2. The summed E-state index contributed by atoms with van der Waals surface area (Å²) < 4.78 is 0.